The molecule has 0 aliphatic carbocycles. The molecule has 3 heterocycles. The Hall–Kier alpha value is -3.23. The van der Waals surface area contributed by atoms with Crippen molar-refractivity contribution in [2.75, 3.05) is 26.3 Å². The van der Waals surface area contributed by atoms with E-state index in [4.69, 9.17) is 12.2 Å². The summed E-state index contributed by atoms with van der Waals surface area (Å²) < 4.78 is 26.8. The van der Waals surface area contributed by atoms with Gasteiger partial charge in [-0.2, -0.15) is 0 Å². The number of carbonyl (C=O) groups excluding carboxylic acids is 3. The average Bonchev–Trinajstić information content (AvgIpc) is 3.15. The SMILES string of the molecule is [2H]C1CN(Cc2ccc(COc3cccc4c3CN(C3CCC(=O)NC3=O)C4=O)cc2)CC([2H])O1. The molecule has 0 saturated carbocycles. The van der Waals surface area contributed by atoms with Crippen molar-refractivity contribution in [1.82, 2.24) is 15.1 Å². The van der Waals surface area contributed by atoms with E-state index in [2.05, 4.69) is 5.32 Å². The number of piperidine rings is 1. The summed E-state index contributed by atoms with van der Waals surface area (Å²) in [5.74, 6) is -0.363. The molecule has 0 aromatic heterocycles. The molecule has 1 N–H and O–H groups in total. The summed E-state index contributed by atoms with van der Waals surface area (Å²) >= 11 is 0. The zero-order valence-electron chi connectivity index (χ0n) is 20.2. The van der Waals surface area contributed by atoms with Gasteiger partial charge in [0.2, 0.25) is 11.8 Å². The third kappa shape index (κ3) is 4.62. The van der Waals surface area contributed by atoms with Crippen LogP contribution in [0.5, 0.6) is 5.75 Å². The van der Waals surface area contributed by atoms with Gasteiger partial charge < -0.3 is 14.4 Å². The van der Waals surface area contributed by atoms with E-state index < -0.39 is 25.1 Å². The highest BCUT2D eigenvalue weighted by molar-refractivity contribution is 6.05. The monoisotopic (exact) mass is 451 g/mol. The van der Waals surface area contributed by atoms with Crippen LogP contribution in [0.15, 0.2) is 42.5 Å². The molecule has 3 aliphatic heterocycles. The number of hydrogen-bond donors (Lipinski definition) is 1. The Kier molecular flexibility index (Phi) is 5.44. The summed E-state index contributed by atoms with van der Waals surface area (Å²) in [4.78, 5) is 40.3. The first-order valence-corrected chi connectivity index (χ1v) is 11.1. The standard InChI is InChI=1S/C25H27N3O5/c29-23-9-8-21(24(30)26-23)28-15-20-19(25(28)31)2-1-3-22(20)33-16-18-6-4-17(5-7-18)14-27-10-12-32-13-11-27/h1-7,21H,8-16H2,(H,26,29,30)/i12D,13D. The highest BCUT2D eigenvalue weighted by Crippen LogP contribution is 2.34. The summed E-state index contributed by atoms with van der Waals surface area (Å²) in [6.45, 7) is 0.823. The number of morpholine rings is 1. The van der Waals surface area contributed by atoms with Crippen molar-refractivity contribution in [1.29, 1.82) is 0 Å². The number of hydrogen-bond acceptors (Lipinski definition) is 6. The lowest BCUT2D eigenvalue weighted by Crippen LogP contribution is -2.52. The summed E-state index contributed by atoms with van der Waals surface area (Å²) in [6, 6.07) is 12.7. The molecule has 2 fully saturated rings. The van der Waals surface area contributed by atoms with Gasteiger partial charge in [0.15, 0.2) is 0 Å². The number of rotatable bonds is 6. The second-order valence-electron chi connectivity index (χ2n) is 8.45. The number of imide groups is 1. The van der Waals surface area contributed by atoms with Crippen molar-refractivity contribution in [3.05, 3.63) is 64.7 Å². The quantitative estimate of drug-likeness (QED) is 0.675. The maximum atomic E-state index is 13.0. The molecule has 0 bridgehead atoms. The number of fused-ring (bicyclic) bond motifs is 1. The first-order chi connectivity index (χ1) is 16.9. The third-order valence-corrected chi connectivity index (χ3v) is 6.22. The first-order valence-electron chi connectivity index (χ1n) is 12.2. The normalized spacial score (nSPS) is 26.5. The van der Waals surface area contributed by atoms with Crippen LogP contribution in [-0.2, 0) is 34.0 Å². The molecule has 2 aromatic rings. The topological polar surface area (TPSA) is 88.2 Å². The van der Waals surface area contributed by atoms with Crippen LogP contribution < -0.4 is 10.1 Å². The fourth-order valence-electron chi connectivity index (χ4n) is 4.42. The highest BCUT2D eigenvalue weighted by Gasteiger charge is 2.40. The van der Waals surface area contributed by atoms with Gasteiger partial charge in [0.1, 0.15) is 18.4 Å². The lowest BCUT2D eigenvalue weighted by atomic mass is 10.0. The molecule has 3 aliphatic rings. The summed E-state index contributed by atoms with van der Waals surface area (Å²) in [5, 5.41) is 2.32. The minimum Gasteiger partial charge on any atom is -0.489 e. The number of nitrogens with one attached hydrogen (secondary N) is 1. The molecule has 5 rings (SSSR count). The maximum absolute atomic E-state index is 13.0. The van der Waals surface area contributed by atoms with Crippen LogP contribution in [0.1, 0.15) is 42.6 Å². The van der Waals surface area contributed by atoms with Gasteiger partial charge in [-0.1, -0.05) is 30.3 Å². The van der Waals surface area contributed by atoms with Crippen molar-refractivity contribution in [2.24, 2.45) is 0 Å². The van der Waals surface area contributed by atoms with E-state index in [0.29, 0.717) is 44.0 Å². The molecule has 3 amide bonds. The van der Waals surface area contributed by atoms with E-state index in [1.54, 1.807) is 12.1 Å². The Morgan fingerprint density at radius 2 is 1.82 bits per heavy atom. The van der Waals surface area contributed by atoms with Crippen LogP contribution in [0.4, 0.5) is 0 Å². The second kappa shape index (κ2) is 9.33. The Labute approximate surface area is 195 Å². The second-order valence-corrected chi connectivity index (χ2v) is 8.45. The molecule has 3 unspecified atom stereocenters. The average molecular weight is 452 g/mol. The smallest absolute Gasteiger partial charge is 0.255 e. The Balaban J connectivity index is 1.21. The van der Waals surface area contributed by atoms with Gasteiger partial charge >= 0.3 is 0 Å². The maximum Gasteiger partial charge on any atom is 0.255 e. The third-order valence-electron chi connectivity index (χ3n) is 6.22. The summed E-state index contributed by atoms with van der Waals surface area (Å²) in [7, 11) is 0. The largest absolute Gasteiger partial charge is 0.489 e. The van der Waals surface area contributed by atoms with Gasteiger partial charge in [-0.05, 0) is 29.7 Å². The van der Waals surface area contributed by atoms with E-state index in [1.165, 1.54) is 4.90 Å². The van der Waals surface area contributed by atoms with Crippen molar-refractivity contribution in [3.8, 4) is 5.75 Å². The summed E-state index contributed by atoms with van der Waals surface area (Å²) in [6.07, 6.45) is 0.539. The molecule has 33 heavy (non-hydrogen) atoms. The van der Waals surface area contributed by atoms with Crippen LogP contribution in [0.2, 0.25) is 0 Å². The first kappa shape index (κ1) is 19.3. The predicted molar refractivity (Wildman–Crippen MR) is 119 cm³/mol. The Morgan fingerprint density at radius 3 is 2.58 bits per heavy atom. The summed E-state index contributed by atoms with van der Waals surface area (Å²) in [5.41, 5.74) is 3.33. The molecule has 8 heteroatoms. The Morgan fingerprint density at radius 1 is 1.06 bits per heavy atom. The van der Waals surface area contributed by atoms with Gasteiger partial charge in [-0.25, -0.2) is 0 Å². The highest BCUT2D eigenvalue weighted by atomic mass is 16.5. The van der Waals surface area contributed by atoms with Crippen molar-refractivity contribution in [3.63, 3.8) is 0 Å². The van der Waals surface area contributed by atoms with Crippen molar-refractivity contribution < 1.29 is 26.6 Å². The van der Waals surface area contributed by atoms with E-state index >= 15 is 0 Å². The number of carbonyl (C=O) groups is 3. The zero-order valence-corrected chi connectivity index (χ0v) is 18.2. The number of benzene rings is 2. The van der Waals surface area contributed by atoms with Gasteiger partial charge in [-0.15, -0.1) is 0 Å². The van der Waals surface area contributed by atoms with E-state index in [-0.39, 0.29) is 24.8 Å². The molecule has 8 nitrogen and oxygen atoms in total. The van der Waals surface area contributed by atoms with Gasteiger partial charge in [-0.3, -0.25) is 24.6 Å². The number of amides is 3. The van der Waals surface area contributed by atoms with E-state index in [0.717, 1.165) is 16.7 Å². The molecular weight excluding hydrogens is 422 g/mol. The molecular formula is C25H27N3O5. The molecule has 172 valence electrons. The van der Waals surface area contributed by atoms with Gasteiger partial charge in [0.05, 0.1) is 22.5 Å². The fourth-order valence-corrected chi connectivity index (χ4v) is 4.42. The molecule has 0 radical (unpaired) electrons. The number of ether oxygens (including phenoxy) is 2. The lowest BCUT2D eigenvalue weighted by Gasteiger charge is -2.29. The molecule has 3 atom stereocenters. The van der Waals surface area contributed by atoms with Gasteiger partial charge in [0, 0.05) is 37.2 Å². The van der Waals surface area contributed by atoms with E-state index in [9.17, 15) is 14.4 Å². The molecule has 2 saturated heterocycles. The molecule has 2 aromatic carbocycles. The lowest BCUT2D eigenvalue weighted by molar-refractivity contribution is -0.136. The van der Waals surface area contributed by atoms with Crippen molar-refractivity contribution in [2.45, 2.75) is 38.6 Å². The van der Waals surface area contributed by atoms with E-state index in [1.807, 2.05) is 35.2 Å². The fraction of sp³-hybridized carbons (Fsp3) is 0.400. The zero-order chi connectivity index (χ0) is 24.5. The minimum atomic E-state index is -0.690. The van der Waals surface area contributed by atoms with Crippen molar-refractivity contribution >= 4 is 17.7 Å². The predicted octanol–water partition coefficient (Wildman–Crippen LogP) is 1.86. The van der Waals surface area contributed by atoms with Crippen LogP contribution in [0, 0.1) is 0 Å². The van der Waals surface area contributed by atoms with Crippen LogP contribution >= 0.6 is 0 Å². The van der Waals surface area contributed by atoms with Crippen LogP contribution in [0.25, 0.3) is 0 Å². The number of nitrogens with zero attached hydrogens (tertiary/aromatic N) is 2. The minimum absolute atomic E-state index is 0.217. The Bertz CT molecular complexity index is 1130. The molecule has 0 spiro atoms. The van der Waals surface area contributed by atoms with Crippen LogP contribution in [-0.4, -0.2) is 59.8 Å². The van der Waals surface area contributed by atoms with Crippen LogP contribution in [0.3, 0.4) is 0 Å². The van der Waals surface area contributed by atoms with Gasteiger partial charge in [0.25, 0.3) is 5.91 Å².